The highest BCUT2D eigenvalue weighted by Gasteiger charge is 2.40. The zero-order valence-corrected chi connectivity index (χ0v) is 27.2. The van der Waals surface area contributed by atoms with Crippen molar-refractivity contribution in [2.24, 2.45) is 17.8 Å². The van der Waals surface area contributed by atoms with E-state index in [2.05, 4.69) is 19.2 Å². The van der Waals surface area contributed by atoms with Crippen molar-refractivity contribution in [1.29, 1.82) is 5.41 Å². The topological polar surface area (TPSA) is 82.5 Å². The Hall–Kier alpha value is -1.37. The molecule has 224 valence electrons. The van der Waals surface area contributed by atoms with Gasteiger partial charge in [-0.05, 0) is 63.5 Å². The smallest absolute Gasteiger partial charge is 0.336 e. The van der Waals surface area contributed by atoms with Gasteiger partial charge in [-0.2, -0.15) is 8.78 Å². The molecule has 0 radical (unpaired) electrons. The number of hydrogen-bond donors (Lipinski definition) is 2. The monoisotopic (exact) mass is 717 g/mol. The first-order chi connectivity index (χ1) is 18.4. The second-order valence-electron chi connectivity index (χ2n) is 11.3. The van der Waals surface area contributed by atoms with E-state index in [1.807, 2.05) is 6.92 Å². The van der Waals surface area contributed by atoms with Crippen LogP contribution >= 0.6 is 45.8 Å². The summed E-state index contributed by atoms with van der Waals surface area (Å²) in [6.07, 6.45) is 2.05. The van der Waals surface area contributed by atoms with Gasteiger partial charge >= 0.3 is 3.93 Å². The van der Waals surface area contributed by atoms with Gasteiger partial charge in [-0.1, -0.05) is 44.0 Å². The molecule has 0 heterocycles. The van der Waals surface area contributed by atoms with Crippen LogP contribution in [0.3, 0.4) is 0 Å². The minimum atomic E-state index is -3.51. The quantitative estimate of drug-likeness (QED) is 0.0815. The van der Waals surface area contributed by atoms with Gasteiger partial charge in [0.1, 0.15) is 11.5 Å². The number of allylic oxidation sites excluding steroid dienone is 1. The number of alkyl halides is 3. The molecule has 0 spiro atoms. The molecule has 0 saturated heterocycles. The number of hydrogen-bond acceptors (Lipinski definition) is 5. The first-order valence-corrected chi connectivity index (χ1v) is 14.9. The molecule has 0 bridgehead atoms. The molecular formula is C28H37Cl2F3IN3O3. The van der Waals surface area contributed by atoms with Crippen LogP contribution in [0.5, 0.6) is 0 Å². The van der Waals surface area contributed by atoms with Crippen LogP contribution in [0.1, 0.15) is 64.7 Å². The first-order valence-electron chi connectivity index (χ1n) is 13.1. The van der Waals surface area contributed by atoms with E-state index in [4.69, 9.17) is 33.3 Å². The number of carbonyl (C=O) groups is 2. The number of rotatable bonds is 11. The second-order valence-corrected chi connectivity index (χ2v) is 13.5. The molecule has 2 rings (SSSR count). The zero-order valence-electron chi connectivity index (χ0n) is 23.5. The van der Waals surface area contributed by atoms with Gasteiger partial charge in [0.2, 0.25) is 0 Å². The van der Waals surface area contributed by atoms with Gasteiger partial charge in [0.25, 0.3) is 5.91 Å². The molecule has 1 aliphatic carbocycles. The molecule has 0 aromatic heterocycles. The minimum Gasteiger partial charge on any atom is -0.379 e. The number of nitrogens with zero attached hydrogens (tertiary/aromatic N) is 1. The number of amides is 1. The first kappa shape index (κ1) is 34.8. The van der Waals surface area contributed by atoms with E-state index in [-0.39, 0.29) is 46.6 Å². The molecule has 1 fully saturated rings. The van der Waals surface area contributed by atoms with Gasteiger partial charge in [0, 0.05) is 41.4 Å². The van der Waals surface area contributed by atoms with Crippen molar-refractivity contribution in [2.45, 2.75) is 70.0 Å². The summed E-state index contributed by atoms with van der Waals surface area (Å²) in [6, 6.07) is 1.51. The van der Waals surface area contributed by atoms with E-state index < -0.39 is 44.9 Å². The lowest BCUT2D eigenvalue weighted by Crippen LogP contribution is -2.47. The third kappa shape index (κ3) is 9.32. The van der Waals surface area contributed by atoms with E-state index in [9.17, 15) is 14.0 Å². The van der Waals surface area contributed by atoms with E-state index >= 15 is 8.78 Å². The van der Waals surface area contributed by atoms with E-state index in [0.717, 1.165) is 46.0 Å². The van der Waals surface area contributed by atoms with Crippen molar-refractivity contribution < 1.29 is 27.5 Å². The highest BCUT2D eigenvalue weighted by molar-refractivity contribution is 14.1. The predicted octanol–water partition coefficient (Wildman–Crippen LogP) is 7.55. The van der Waals surface area contributed by atoms with E-state index in [1.54, 1.807) is 20.8 Å². The Morgan fingerprint density at radius 2 is 1.73 bits per heavy atom. The van der Waals surface area contributed by atoms with Gasteiger partial charge in [0.05, 0.1) is 39.9 Å². The molecule has 4 atom stereocenters. The van der Waals surface area contributed by atoms with Crippen LogP contribution in [0.25, 0.3) is 0 Å². The third-order valence-corrected chi connectivity index (χ3v) is 8.49. The Morgan fingerprint density at radius 3 is 2.23 bits per heavy atom. The molecule has 1 aliphatic rings. The van der Waals surface area contributed by atoms with E-state index in [0.29, 0.717) is 18.6 Å². The molecular weight excluding hydrogens is 681 g/mol. The van der Waals surface area contributed by atoms with E-state index in [1.165, 1.54) is 0 Å². The molecule has 1 aromatic carbocycles. The SMILES string of the molecule is C[C@@H]1[C@@H](C)CCC(N/C(=C(\C=N)C(=O)N(CCOC(C)(C)C)CC(=O)c2c(Cl)cc(F)cc2Cl)C(F)(F)I)[C@@H]1C. The summed E-state index contributed by atoms with van der Waals surface area (Å²) in [6.45, 7) is 10.8. The Morgan fingerprint density at radius 1 is 1.15 bits per heavy atom. The Labute approximate surface area is 258 Å². The fourth-order valence-electron chi connectivity index (χ4n) is 4.74. The molecule has 1 saturated carbocycles. The summed E-state index contributed by atoms with van der Waals surface area (Å²) < 4.78 is 45.9. The van der Waals surface area contributed by atoms with Gasteiger partial charge in [-0.3, -0.25) is 9.59 Å². The summed E-state index contributed by atoms with van der Waals surface area (Å²) in [4.78, 5) is 28.0. The van der Waals surface area contributed by atoms with Crippen LogP contribution in [0.4, 0.5) is 13.2 Å². The predicted molar refractivity (Wildman–Crippen MR) is 161 cm³/mol. The summed E-state index contributed by atoms with van der Waals surface area (Å²) >= 11 is 13.1. The normalized spacial score (nSPS) is 22.4. The number of Topliss-reactive ketones (excluding diaryl/α,β-unsaturated/α-hetero) is 1. The number of carbonyl (C=O) groups excluding carboxylic acids is 2. The summed E-state index contributed by atoms with van der Waals surface area (Å²) in [5, 5.41) is 10.4. The fraction of sp³-hybridized carbons (Fsp3) is 0.607. The zero-order chi connectivity index (χ0) is 30.6. The van der Waals surface area contributed by atoms with Crippen LogP contribution in [-0.2, 0) is 9.53 Å². The van der Waals surface area contributed by atoms with Crippen molar-refractivity contribution in [2.75, 3.05) is 19.7 Å². The van der Waals surface area contributed by atoms with Gasteiger partial charge < -0.3 is 20.4 Å². The van der Waals surface area contributed by atoms with Crippen LogP contribution in [0, 0.1) is 29.0 Å². The van der Waals surface area contributed by atoms with Crippen LogP contribution < -0.4 is 5.32 Å². The van der Waals surface area contributed by atoms with Crippen molar-refractivity contribution in [3.05, 3.63) is 44.8 Å². The molecule has 1 amide bonds. The van der Waals surface area contributed by atoms with Crippen molar-refractivity contribution in [1.82, 2.24) is 10.2 Å². The number of halogens is 6. The lowest BCUT2D eigenvalue weighted by atomic mass is 9.72. The number of ether oxygens (including phenoxy) is 1. The van der Waals surface area contributed by atoms with Crippen molar-refractivity contribution >= 4 is 63.7 Å². The minimum absolute atomic E-state index is 0.0167. The molecule has 2 N–H and O–H groups in total. The average Bonchev–Trinajstić information content (AvgIpc) is 2.81. The molecule has 12 heteroatoms. The van der Waals surface area contributed by atoms with Crippen LogP contribution in [-0.4, -0.2) is 58.1 Å². The number of nitrogens with one attached hydrogen (secondary N) is 2. The summed E-state index contributed by atoms with van der Waals surface area (Å²) in [5.41, 5.74) is -2.03. The van der Waals surface area contributed by atoms with Gasteiger partial charge in [-0.25, -0.2) is 4.39 Å². The molecule has 40 heavy (non-hydrogen) atoms. The van der Waals surface area contributed by atoms with Gasteiger partial charge in [0.15, 0.2) is 5.78 Å². The highest BCUT2D eigenvalue weighted by Crippen LogP contribution is 2.38. The highest BCUT2D eigenvalue weighted by atomic mass is 127. The lowest BCUT2D eigenvalue weighted by molar-refractivity contribution is -0.128. The largest absolute Gasteiger partial charge is 0.379 e. The Balaban J connectivity index is 2.50. The van der Waals surface area contributed by atoms with Crippen molar-refractivity contribution in [3.8, 4) is 0 Å². The molecule has 1 unspecified atom stereocenters. The van der Waals surface area contributed by atoms with Gasteiger partial charge in [-0.15, -0.1) is 0 Å². The fourth-order valence-corrected chi connectivity index (χ4v) is 5.86. The van der Waals surface area contributed by atoms with Crippen LogP contribution in [0.2, 0.25) is 10.0 Å². The Kier molecular flexibility index (Phi) is 12.4. The summed E-state index contributed by atoms with van der Waals surface area (Å²) in [7, 11) is 0. The maximum atomic E-state index is 15.0. The second kappa shape index (κ2) is 14.2. The van der Waals surface area contributed by atoms with Crippen molar-refractivity contribution in [3.63, 3.8) is 0 Å². The molecule has 6 nitrogen and oxygen atoms in total. The maximum absolute atomic E-state index is 15.0. The molecule has 0 aliphatic heterocycles. The Bertz CT molecular complexity index is 1120. The lowest BCUT2D eigenvalue weighted by Gasteiger charge is -2.40. The number of benzene rings is 1. The third-order valence-electron chi connectivity index (χ3n) is 7.36. The molecule has 1 aromatic rings. The number of ketones is 1. The maximum Gasteiger partial charge on any atom is 0.336 e. The standard InChI is InChI=1S/C28H37Cl2F3IN3O3/c1-15-7-8-22(17(3)16(15)2)36-25(28(32,33)34)19(13-35)26(39)37(9-10-40-27(4,5)6)14-23(38)24-20(29)11-18(31)12-21(24)30/h11-13,15-17,22,35-36H,7-10,14H2,1-6H3/b25-19+,35-13?/t15-,16+,17+,22?/m0/s1. The summed E-state index contributed by atoms with van der Waals surface area (Å²) in [5.74, 6) is -1.68. The van der Waals surface area contributed by atoms with Crippen LogP contribution in [0.15, 0.2) is 23.4 Å². The average molecular weight is 718 g/mol.